The van der Waals surface area contributed by atoms with Gasteiger partial charge in [-0.1, -0.05) is 6.08 Å². The van der Waals surface area contributed by atoms with Crippen molar-refractivity contribution < 1.29 is 22.5 Å². The molecular weight excluding hydrogens is 232 g/mol. The van der Waals surface area contributed by atoms with E-state index in [1.165, 1.54) is 24.3 Å². The van der Waals surface area contributed by atoms with E-state index in [1.54, 1.807) is 6.92 Å². The predicted molar refractivity (Wildman–Crippen MR) is 56.7 cm³/mol. The Hall–Kier alpha value is -1.66. The Morgan fingerprint density at radius 3 is 2.31 bits per heavy atom. The van der Waals surface area contributed by atoms with Gasteiger partial charge in [0.2, 0.25) is 0 Å². The van der Waals surface area contributed by atoms with Crippen LogP contribution in [0.2, 0.25) is 0 Å². The normalized spacial score (nSPS) is 11.6. The maximum absolute atomic E-state index is 11.0. The summed E-state index contributed by atoms with van der Waals surface area (Å²) in [6, 6.07) is 4.86. The summed E-state index contributed by atoms with van der Waals surface area (Å²) in [7, 11) is -4.21. The third-order valence-corrected chi connectivity index (χ3v) is 2.51. The van der Waals surface area contributed by atoms with Crippen molar-refractivity contribution in [2.75, 3.05) is 0 Å². The Kier molecular flexibility index (Phi) is 3.81. The second kappa shape index (κ2) is 4.91. The first-order valence-corrected chi connectivity index (χ1v) is 5.79. The molecule has 0 aromatic heterocycles. The van der Waals surface area contributed by atoms with Gasteiger partial charge in [-0.15, -0.1) is 0 Å². The molecule has 16 heavy (non-hydrogen) atoms. The Morgan fingerprint density at radius 1 is 1.31 bits per heavy atom. The lowest BCUT2D eigenvalue weighted by molar-refractivity contribution is -0.129. The molecule has 0 amide bonds. The van der Waals surface area contributed by atoms with Crippen LogP contribution in [-0.2, 0) is 14.9 Å². The van der Waals surface area contributed by atoms with Crippen molar-refractivity contribution in [1.82, 2.24) is 0 Å². The van der Waals surface area contributed by atoms with Gasteiger partial charge >= 0.3 is 5.97 Å². The monoisotopic (exact) mass is 242 g/mol. The first-order valence-electron chi connectivity index (χ1n) is 4.35. The molecule has 0 saturated carbocycles. The van der Waals surface area contributed by atoms with Gasteiger partial charge in [0.05, 0.1) is 4.90 Å². The molecule has 0 heterocycles. The summed E-state index contributed by atoms with van der Waals surface area (Å²) in [5.41, 5.74) is 0. The molecule has 1 aromatic rings. The van der Waals surface area contributed by atoms with Crippen LogP contribution in [0.5, 0.6) is 5.75 Å². The third-order valence-electron chi connectivity index (χ3n) is 1.64. The fourth-order valence-electron chi connectivity index (χ4n) is 0.966. The van der Waals surface area contributed by atoms with Gasteiger partial charge in [0.15, 0.2) is 0 Å². The van der Waals surface area contributed by atoms with E-state index in [2.05, 4.69) is 0 Å². The maximum atomic E-state index is 11.0. The van der Waals surface area contributed by atoms with Crippen molar-refractivity contribution >= 4 is 16.1 Å². The highest BCUT2D eigenvalue weighted by Crippen LogP contribution is 2.15. The Labute approximate surface area is 93.1 Å². The summed E-state index contributed by atoms with van der Waals surface area (Å²) in [6.07, 6.45) is 2.76. The predicted octanol–water partition coefficient (Wildman–Crippen LogP) is 1.41. The Bertz CT molecular complexity index is 499. The lowest BCUT2D eigenvalue weighted by Gasteiger charge is -2.01. The number of hydrogen-bond acceptors (Lipinski definition) is 4. The summed E-state index contributed by atoms with van der Waals surface area (Å²) in [6.45, 7) is 1.67. The largest absolute Gasteiger partial charge is 0.423 e. The molecule has 5 nitrogen and oxygen atoms in total. The van der Waals surface area contributed by atoms with Crippen molar-refractivity contribution in [3.05, 3.63) is 36.4 Å². The molecule has 0 spiro atoms. The van der Waals surface area contributed by atoms with Crippen LogP contribution < -0.4 is 4.74 Å². The quantitative estimate of drug-likeness (QED) is 0.375. The zero-order chi connectivity index (χ0) is 12.2. The SMILES string of the molecule is C/C=C/C(=O)Oc1ccc(S(=O)(=O)O)cc1. The van der Waals surface area contributed by atoms with E-state index in [1.807, 2.05) is 0 Å². The first-order chi connectivity index (χ1) is 7.43. The van der Waals surface area contributed by atoms with Crippen molar-refractivity contribution in [3.63, 3.8) is 0 Å². The van der Waals surface area contributed by atoms with E-state index in [9.17, 15) is 13.2 Å². The molecule has 0 bridgehead atoms. The Balaban J connectivity index is 2.84. The standard InChI is InChI=1S/C10H10O5S/c1-2-3-10(11)15-8-4-6-9(7-5-8)16(12,13)14/h2-7H,1H3,(H,12,13,14)/b3-2+. The van der Waals surface area contributed by atoms with Crippen LogP contribution in [0.4, 0.5) is 0 Å². The van der Waals surface area contributed by atoms with Gasteiger partial charge in [-0.05, 0) is 31.2 Å². The smallest absolute Gasteiger partial charge is 0.335 e. The molecule has 1 rings (SSSR count). The molecule has 86 valence electrons. The number of benzene rings is 1. The molecule has 0 fully saturated rings. The molecule has 0 aliphatic rings. The molecule has 0 aliphatic heterocycles. The van der Waals surface area contributed by atoms with Crippen molar-refractivity contribution in [2.24, 2.45) is 0 Å². The molecule has 0 saturated heterocycles. The van der Waals surface area contributed by atoms with Crippen molar-refractivity contribution in [1.29, 1.82) is 0 Å². The van der Waals surface area contributed by atoms with Crippen molar-refractivity contribution in [3.8, 4) is 5.75 Å². The summed E-state index contributed by atoms with van der Waals surface area (Å²) in [4.78, 5) is 10.8. The van der Waals surface area contributed by atoms with Crippen molar-refractivity contribution in [2.45, 2.75) is 11.8 Å². The summed E-state index contributed by atoms with van der Waals surface area (Å²) in [5, 5.41) is 0. The van der Waals surface area contributed by atoms with Crippen LogP contribution >= 0.6 is 0 Å². The minimum atomic E-state index is -4.21. The van der Waals surface area contributed by atoms with Crippen LogP contribution in [0.15, 0.2) is 41.3 Å². The van der Waals surface area contributed by atoms with Gasteiger partial charge in [0.1, 0.15) is 5.75 Å². The van der Waals surface area contributed by atoms with E-state index < -0.39 is 16.1 Å². The van der Waals surface area contributed by atoms with Crippen LogP contribution in [0.3, 0.4) is 0 Å². The lowest BCUT2D eigenvalue weighted by Crippen LogP contribution is -2.04. The van der Waals surface area contributed by atoms with Gasteiger partial charge in [0.25, 0.3) is 10.1 Å². The number of hydrogen-bond donors (Lipinski definition) is 1. The summed E-state index contributed by atoms with van der Waals surface area (Å²) in [5.74, 6) is -0.349. The molecule has 0 unspecified atom stereocenters. The fraction of sp³-hybridized carbons (Fsp3) is 0.100. The van der Waals surface area contributed by atoms with E-state index in [4.69, 9.17) is 9.29 Å². The number of allylic oxidation sites excluding steroid dienone is 1. The Morgan fingerprint density at radius 2 is 1.88 bits per heavy atom. The van der Waals surface area contributed by atoms with Gasteiger partial charge in [0, 0.05) is 6.08 Å². The highest BCUT2D eigenvalue weighted by molar-refractivity contribution is 7.85. The van der Waals surface area contributed by atoms with Crippen LogP contribution in [0.25, 0.3) is 0 Å². The fourth-order valence-corrected chi connectivity index (χ4v) is 1.45. The molecule has 1 aromatic carbocycles. The van der Waals surface area contributed by atoms with E-state index >= 15 is 0 Å². The first kappa shape index (κ1) is 12.4. The maximum Gasteiger partial charge on any atom is 0.335 e. The third kappa shape index (κ3) is 3.48. The topological polar surface area (TPSA) is 80.7 Å². The highest BCUT2D eigenvalue weighted by Gasteiger charge is 2.09. The van der Waals surface area contributed by atoms with E-state index in [0.717, 1.165) is 12.1 Å². The number of ether oxygens (including phenoxy) is 1. The molecular formula is C10H10O5S. The zero-order valence-electron chi connectivity index (χ0n) is 8.45. The van der Waals surface area contributed by atoms with E-state index in [0.29, 0.717) is 0 Å². The van der Waals surface area contributed by atoms with Crippen LogP contribution in [-0.4, -0.2) is 18.9 Å². The average Bonchev–Trinajstić information content (AvgIpc) is 2.17. The molecule has 0 aliphatic carbocycles. The average molecular weight is 242 g/mol. The molecule has 0 radical (unpaired) electrons. The minimum Gasteiger partial charge on any atom is -0.423 e. The van der Waals surface area contributed by atoms with Gasteiger partial charge < -0.3 is 4.74 Å². The van der Waals surface area contributed by atoms with Gasteiger partial charge in [-0.3, -0.25) is 4.55 Å². The van der Waals surface area contributed by atoms with Crippen LogP contribution in [0.1, 0.15) is 6.92 Å². The number of carbonyl (C=O) groups is 1. The number of rotatable bonds is 3. The summed E-state index contributed by atoms with van der Waals surface area (Å²) < 4.78 is 34.9. The van der Waals surface area contributed by atoms with E-state index in [-0.39, 0.29) is 10.6 Å². The van der Waals surface area contributed by atoms with Crippen LogP contribution in [0, 0.1) is 0 Å². The number of esters is 1. The summed E-state index contributed by atoms with van der Waals surface area (Å²) >= 11 is 0. The molecule has 1 N–H and O–H groups in total. The number of carbonyl (C=O) groups excluding carboxylic acids is 1. The van der Waals surface area contributed by atoms with Gasteiger partial charge in [-0.25, -0.2) is 4.79 Å². The molecule has 6 heteroatoms. The highest BCUT2D eigenvalue weighted by atomic mass is 32.2. The van der Waals surface area contributed by atoms with Gasteiger partial charge in [-0.2, -0.15) is 8.42 Å². The lowest BCUT2D eigenvalue weighted by atomic mass is 10.3. The minimum absolute atomic E-state index is 0.204. The molecule has 0 atom stereocenters. The second-order valence-corrected chi connectivity index (χ2v) is 4.29. The zero-order valence-corrected chi connectivity index (χ0v) is 9.27. The second-order valence-electron chi connectivity index (χ2n) is 2.87.